The zero-order chi connectivity index (χ0) is 14.7. The Labute approximate surface area is 123 Å². The first-order valence-corrected chi connectivity index (χ1v) is 7.04. The molecule has 0 saturated carbocycles. The first kappa shape index (κ1) is 13.7. The van der Waals surface area contributed by atoms with Crippen LogP contribution >= 0.6 is 0 Å². The fraction of sp³-hybridized carbons (Fsp3) is 0.429. The molecule has 0 bridgehead atoms. The first-order chi connectivity index (χ1) is 10.3. The summed E-state index contributed by atoms with van der Waals surface area (Å²) < 4.78 is 1.83. The van der Waals surface area contributed by atoms with Crippen LogP contribution in [0, 0.1) is 0 Å². The van der Waals surface area contributed by atoms with Crippen LogP contribution in [-0.2, 0) is 4.79 Å². The zero-order valence-electron chi connectivity index (χ0n) is 11.9. The summed E-state index contributed by atoms with van der Waals surface area (Å²) in [5, 5.41) is 2.92. The summed E-state index contributed by atoms with van der Waals surface area (Å²) in [6.07, 6.45) is 10.5. The Balaban J connectivity index is 1.95. The number of carbonyl (C=O) groups is 1. The van der Waals surface area contributed by atoms with Crippen LogP contribution in [0.1, 0.15) is 24.6 Å². The average molecular weight is 286 g/mol. The molecule has 3 heterocycles. The zero-order valence-corrected chi connectivity index (χ0v) is 11.9. The molecule has 21 heavy (non-hydrogen) atoms. The highest BCUT2D eigenvalue weighted by Crippen LogP contribution is 2.32. The van der Waals surface area contributed by atoms with E-state index in [1.165, 1.54) is 0 Å². The molecule has 2 aromatic heterocycles. The number of imidazole rings is 1. The van der Waals surface area contributed by atoms with E-state index in [1.54, 1.807) is 32.0 Å². The van der Waals surface area contributed by atoms with Crippen LogP contribution < -0.4 is 5.32 Å². The molecule has 0 radical (unpaired) electrons. The van der Waals surface area contributed by atoms with Crippen LogP contribution in [0.4, 0.5) is 0 Å². The normalized spacial score (nSPS) is 18.1. The summed E-state index contributed by atoms with van der Waals surface area (Å²) in [6.45, 7) is 1.11. The highest BCUT2D eigenvalue weighted by atomic mass is 16.2. The van der Waals surface area contributed by atoms with Gasteiger partial charge in [0.05, 0.1) is 12.6 Å². The molecule has 1 saturated heterocycles. The maximum atomic E-state index is 12.2. The third-order valence-corrected chi connectivity index (χ3v) is 3.67. The summed E-state index contributed by atoms with van der Waals surface area (Å²) in [4.78, 5) is 27.1. The van der Waals surface area contributed by atoms with Crippen molar-refractivity contribution in [3.8, 4) is 5.82 Å². The van der Waals surface area contributed by atoms with E-state index in [9.17, 15) is 4.79 Å². The molecule has 1 atom stereocenters. The topological polar surface area (TPSA) is 75.9 Å². The van der Waals surface area contributed by atoms with Gasteiger partial charge in [0.2, 0.25) is 5.91 Å². The molecular weight excluding hydrogens is 268 g/mol. The number of aromatic nitrogens is 4. The van der Waals surface area contributed by atoms with E-state index in [1.807, 2.05) is 15.7 Å². The highest BCUT2D eigenvalue weighted by molar-refractivity contribution is 5.79. The fourth-order valence-electron chi connectivity index (χ4n) is 2.76. The second-order valence-corrected chi connectivity index (χ2v) is 5.01. The second-order valence-electron chi connectivity index (χ2n) is 5.01. The lowest BCUT2D eigenvalue weighted by Gasteiger charge is -2.25. The van der Waals surface area contributed by atoms with Crippen LogP contribution in [0.3, 0.4) is 0 Å². The number of hydrogen-bond donors (Lipinski definition) is 1. The summed E-state index contributed by atoms with van der Waals surface area (Å²) in [7, 11) is 1.78. The van der Waals surface area contributed by atoms with Gasteiger partial charge in [0.25, 0.3) is 0 Å². The third kappa shape index (κ3) is 2.64. The molecule has 0 aliphatic carbocycles. The Morgan fingerprint density at radius 2 is 2.24 bits per heavy atom. The number of likely N-dealkylation sites (tertiary alicyclic amines) is 1. The van der Waals surface area contributed by atoms with Crippen molar-refractivity contribution in [2.45, 2.75) is 18.9 Å². The number of carbonyl (C=O) groups excluding carboxylic acids is 1. The number of rotatable bonds is 4. The van der Waals surface area contributed by atoms with E-state index >= 15 is 0 Å². The Morgan fingerprint density at radius 3 is 3.00 bits per heavy atom. The smallest absolute Gasteiger partial charge is 0.237 e. The van der Waals surface area contributed by atoms with Gasteiger partial charge in [-0.15, -0.1) is 0 Å². The van der Waals surface area contributed by atoms with Gasteiger partial charge in [0, 0.05) is 31.3 Å². The van der Waals surface area contributed by atoms with Gasteiger partial charge in [-0.3, -0.25) is 14.3 Å². The van der Waals surface area contributed by atoms with E-state index in [0.29, 0.717) is 6.54 Å². The Bertz CT molecular complexity index is 612. The molecule has 110 valence electrons. The standard InChI is InChI=1S/C14H18N6O/c1-15-9-12(21)20-7-2-3-11(20)13-14(18-5-4-17-13)19-8-6-16-10-19/h4-6,8,10-11,15H,2-3,7,9H2,1H3/t11-/m0/s1. The van der Waals surface area contributed by atoms with E-state index in [-0.39, 0.29) is 11.9 Å². The van der Waals surface area contributed by atoms with Crippen molar-refractivity contribution in [2.24, 2.45) is 0 Å². The lowest BCUT2D eigenvalue weighted by molar-refractivity contribution is -0.131. The number of amides is 1. The van der Waals surface area contributed by atoms with Gasteiger partial charge in [-0.2, -0.15) is 0 Å². The van der Waals surface area contributed by atoms with Crippen LogP contribution in [0.2, 0.25) is 0 Å². The Morgan fingerprint density at radius 1 is 1.38 bits per heavy atom. The Kier molecular flexibility index (Phi) is 3.92. The molecular formula is C14H18N6O. The Hall–Kier alpha value is -2.28. The van der Waals surface area contributed by atoms with Crippen molar-refractivity contribution in [1.29, 1.82) is 0 Å². The van der Waals surface area contributed by atoms with Gasteiger partial charge in [-0.1, -0.05) is 0 Å². The average Bonchev–Trinajstić information content (AvgIpc) is 3.19. The monoisotopic (exact) mass is 286 g/mol. The predicted octanol–water partition coefficient (Wildman–Crippen LogP) is 0.545. The summed E-state index contributed by atoms with van der Waals surface area (Å²) >= 11 is 0. The molecule has 1 amide bonds. The molecule has 7 nitrogen and oxygen atoms in total. The quantitative estimate of drug-likeness (QED) is 0.888. The highest BCUT2D eigenvalue weighted by Gasteiger charge is 2.32. The minimum absolute atomic E-state index is 0.0167. The number of nitrogens with one attached hydrogen (secondary N) is 1. The lowest BCUT2D eigenvalue weighted by Crippen LogP contribution is -2.37. The third-order valence-electron chi connectivity index (χ3n) is 3.67. The van der Waals surface area contributed by atoms with E-state index in [0.717, 1.165) is 30.9 Å². The molecule has 0 aromatic carbocycles. The molecule has 7 heteroatoms. The van der Waals surface area contributed by atoms with Gasteiger partial charge in [0.1, 0.15) is 12.0 Å². The largest absolute Gasteiger partial charge is 0.333 e. The summed E-state index contributed by atoms with van der Waals surface area (Å²) in [5.74, 6) is 0.839. The van der Waals surface area contributed by atoms with Crippen molar-refractivity contribution in [1.82, 2.24) is 29.7 Å². The van der Waals surface area contributed by atoms with Gasteiger partial charge in [-0.25, -0.2) is 9.97 Å². The summed E-state index contributed by atoms with van der Waals surface area (Å²) in [6, 6.07) is -0.0167. The van der Waals surface area contributed by atoms with E-state index in [4.69, 9.17) is 0 Å². The molecule has 1 aliphatic rings. The van der Waals surface area contributed by atoms with Crippen LogP contribution in [-0.4, -0.2) is 50.5 Å². The molecule has 3 rings (SSSR count). The molecule has 2 aromatic rings. The number of hydrogen-bond acceptors (Lipinski definition) is 5. The van der Waals surface area contributed by atoms with Gasteiger partial charge >= 0.3 is 0 Å². The van der Waals surface area contributed by atoms with E-state index < -0.39 is 0 Å². The predicted molar refractivity (Wildman–Crippen MR) is 76.8 cm³/mol. The van der Waals surface area contributed by atoms with Gasteiger partial charge in [-0.05, 0) is 19.9 Å². The number of nitrogens with zero attached hydrogens (tertiary/aromatic N) is 5. The fourth-order valence-corrected chi connectivity index (χ4v) is 2.76. The molecule has 0 spiro atoms. The van der Waals surface area contributed by atoms with Crippen molar-refractivity contribution >= 4 is 5.91 Å². The van der Waals surface area contributed by atoms with Crippen molar-refractivity contribution in [3.05, 3.63) is 36.8 Å². The summed E-state index contributed by atoms with van der Waals surface area (Å²) in [5.41, 5.74) is 0.831. The maximum Gasteiger partial charge on any atom is 0.237 e. The number of likely N-dealkylation sites (N-methyl/N-ethyl adjacent to an activating group) is 1. The second kappa shape index (κ2) is 6.01. The minimum atomic E-state index is -0.0167. The molecule has 1 aliphatic heterocycles. The molecule has 0 unspecified atom stereocenters. The maximum absolute atomic E-state index is 12.2. The van der Waals surface area contributed by atoms with Gasteiger partial charge < -0.3 is 10.2 Å². The van der Waals surface area contributed by atoms with Crippen LogP contribution in [0.15, 0.2) is 31.1 Å². The lowest BCUT2D eigenvalue weighted by atomic mass is 10.1. The van der Waals surface area contributed by atoms with Crippen LogP contribution in [0.5, 0.6) is 0 Å². The van der Waals surface area contributed by atoms with Crippen molar-refractivity contribution < 1.29 is 4.79 Å². The van der Waals surface area contributed by atoms with Crippen molar-refractivity contribution in [3.63, 3.8) is 0 Å². The molecule has 1 N–H and O–H groups in total. The van der Waals surface area contributed by atoms with Gasteiger partial charge in [0.15, 0.2) is 5.82 Å². The SMILES string of the molecule is CNCC(=O)N1CCC[C@H]1c1nccnc1-n1ccnc1. The van der Waals surface area contributed by atoms with E-state index in [2.05, 4.69) is 20.3 Å². The first-order valence-electron chi connectivity index (χ1n) is 7.04. The molecule has 1 fully saturated rings. The van der Waals surface area contributed by atoms with Crippen LogP contribution in [0.25, 0.3) is 5.82 Å². The van der Waals surface area contributed by atoms with Crippen molar-refractivity contribution in [2.75, 3.05) is 20.1 Å². The minimum Gasteiger partial charge on any atom is -0.333 e.